The zero-order chi connectivity index (χ0) is 11.8. The van der Waals surface area contributed by atoms with Gasteiger partial charge in [0.25, 0.3) is 0 Å². The molecule has 1 aromatic heterocycles. The molecule has 88 valence electrons. The number of hydrogen-bond acceptors (Lipinski definition) is 2. The molecule has 1 aliphatic carbocycles. The maximum absolute atomic E-state index is 11.7. The van der Waals surface area contributed by atoms with Crippen LogP contribution in [0.5, 0.6) is 0 Å². The Morgan fingerprint density at radius 1 is 1.56 bits per heavy atom. The highest BCUT2D eigenvalue weighted by atomic mass is 32.1. The number of nitrogens with one attached hydrogen (secondary N) is 1. The van der Waals surface area contributed by atoms with Gasteiger partial charge in [-0.1, -0.05) is 26.8 Å². The first-order valence-electron chi connectivity index (χ1n) is 5.78. The van der Waals surface area contributed by atoms with Gasteiger partial charge in [-0.2, -0.15) is 0 Å². The van der Waals surface area contributed by atoms with Gasteiger partial charge in [0.1, 0.15) is 0 Å². The van der Waals surface area contributed by atoms with Gasteiger partial charge in [0.15, 0.2) is 0 Å². The maximum atomic E-state index is 11.7. The van der Waals surface area contributed by atoms with Crippen LogP contribution >= 0.6 is 11.3 Å². The summed E-state index contributed by atoms with van der Waals surface area (Å²) in [6.45, 7) is 6.28. The average molecular weight is 237 g/mol. The third kappa shape index (κ3) is 3.08. The second-order valence-corrected chi connectivity index (χ2v) is 6.75. The Balaban J connectivity index is 1.79. The lowest BCUT2D eigenvalue weighted by atomic mass is 9.92. The van der Waals surface area contributed by atoms with E-state index in [-0.39, 0.29) is 11.3 Å². The summed E-state index contributed by atoms with van der Waals surface area (Å²) in [6, 6.07) is 4.62. The Kier molecular flexibility index (Phi) is 3.06. The van der Waals surface area contributed by atoms with Gasteiger partial charge in [0.2, 0.25) is 5.91 Å². The molecule has 2 rings (SSSR count). The minimum absolute atomic E-state index is 0.0808. The molecule has 1 aliphatic rings. The smallest absolute Gasteiger partial charge is 0.220 e. The molecule has 0 aromatic carbocycles. The molecule has 1 aromatic rings. The van der Waals surface area contributed by atoms with Gasteiger partial charge < -0.3 is 5.32 Å². The summed E-state index contributed by atoms with van der Waals surface area (Å²) in [7, 11) is 0. The zero-order valence-corrected chi connectivity index (χ0v) is 10.9. The Labute approximate surface area is 101 Å². The molecule has 0 aliphatic heterocycles. The van der Waals surface area contributed by atoms with Gasteiger partial charge in [-0.05, 0) is 23.3 Å². The van der Waals surface area contributed by atoms with Crippen molar-refractivity contribution >= 4 is 17.2 Å². The van der Waals surface area contributed by atoms with Gasteiger partial charge in [-0.15, -0.1) is 11.3 Å². The normalized spacial score (nSPS) is 24.2. The van der Waals surface area contributed by atoms with E-state index in [9.17, 15) is 4.79 Å². The van der Waals surface area contributed by atoms with Gasteiger partial charge in [-0.25, -0.2) is 0 Å². The summed E-state index contributed by atoms with van der Waals surface area (Å²) in [6.07, 6.45) is 1.72. The van der Waals surface area contributed by atoms with E-state index in [0.717, 1.165) is 6.42 Å². The highest BCUT2D eigenvalue weighted by molar-refractivity contribution is 7.10. The highest BCUT2D eigenvalue weighted by Crippen LogP contribution is 2.42. The van der Waals surface area contributed by atoms with Crippen LogP contribution in [0.1, 0.15) is 44.4 Å². The van der Waals surface area contributed by atoms with Crippen LogP contribution in [0.2, 0.25) is 0 Å². The van der Waals surface area contributed by atoms with Crippen molar-refractivity contribution in [3.8, 4) is 0 Å². The molecule has 0 radical (unpaired) electrons. The molecule has 3 heteroatoms. The van der Waals surface area contributed by atoms with E-state index in [1.807, 2.05) is 0 Å². The minimum Gasteiger partial charge on any atom is -0.353 e. The fraction of sp³-hybridized carbons (Fsp3) is 0.615. The SMILES string of the molecule is CC(C)(C)CC(=O)NC1CC1c1cccs1. The summed E-state index contributed by atoms with van der Waals surface area (Å²) in [5, 5.41) is 5.22. The Morgan fingerprint density at radius 2 is 2.31 bits per heavy atom. The van der Waals surface area contributed by atoms with E-state index in [4.69, 9.17) is 0 Å². The molecule has 0 spiro atoms. The zero-order valence-electron chi connectivity index (χ0n) is 10.1. The molecule has 1 amide bonds. The fourth-order valence-corrected chi connectivity index (χ4v) is 2.82. The number of hydrogen-bond donors (Lipinski definition) is 1. The molecule has 16 heavy (non-hydrogen) atoms. The van der Waals surface area contributed by atoms with E-state index in [0.29, 0.717) is 18.4 Å². The van der Waals surface area contributed by atoms with Crippen LogP contribution in [-0.2, 0) is 4.79 Å². The first-order chi connectivity index (χ1) is 7.46. The number of carbonyl (C=O) groups excluding carboxylic acids is 1. The monoisotopic (exact) mass is 237 g/mol. The van der Waals surface area contributed by atoms with E-state index >= 15 is 0 Å². The lowest BCUT2D eigenvalue weighted by Gasteiger charge is -2.17. The van der Waals surface area contributed by atoms with Crippen LogP contribution in [-0.4, -0.2) is 11.9 Å². The van der Waals surface area contributed by atoms with Crippen molar-refractivity contribution in [2.24, 2.45) is 5.41 Å². The summed E-state index contributed by atoms with van der Waals surface area (Å²) < 4.78 is 0. The first-order valence-corrected chi connectivity index (χ1v) is 6.66. The number of rotatable bonds is 3. The molecule has 1 saturated carbocycles. The molecule has 1 heterocycles. The Bertz CT molecular complexity index is 364. The predicted octanol–water partition coefficient (Wildman–Crippen LogP) is 3.16. The molecular formula is C13H19NOS. The second-order valence-electron chi connectivity index (χ2n) is 5.77. The van der Waals surface area contributed by atoms with Crippen molar-refractivity contribution in [2.75, 3.05) is 0 Å². The third-order valence-corrected chi connectivity index (χ3v) is 3.74. The van der Waals surface area contributed by atoms with Crippen molar-refractivity contribution in [1.82, 2.24) is 5.32 Å². The number of thiophene rings is 1. The summed E-state index contributed by atoms with van der Waals surface area (Å²) >= 11 is 1.79. The van der Waals surface area contributed by atoms with Crippen molar-refractivity contribution in [3.63, 3.8) is 0 Å². The van der Waals surface area contributed by atoms with Crippen LogP contribution in [0.3, 0.4) is 0 Å². The van der Waals surface area contributed by atoms with E-state index in [2.05, 4.69) is 43.6 Å². The van der Waals surface area contributed by atoms with Gasteiger partial charge in [0, 0.05) is 23.3 Å². The topological polar surface area (TPSA) is 29.1 Å². The van der Waals surface area contributed by atoms with Gasteiger partial charge >= 0.3 is 0 Å². The van der Waals surface area contributed by atoms with Crippen molar-refractivity contribution in [2.45, 2.75) is 45.6 Å². The van der Waals surface area contributed by atoms with E-state index in [1.54, 1.807) is 11.3 Å². The third-order valence-electron chi connectivity index (χ3n) is 2.74. The van der Waals surface area contributed by atoms with Crippen LogP contribution < -0.4 is 5.32 Å². The molecule has 0 saturated heterocycles. The van der Waals surface area contributed by atoms with Crippen LogP contribution in [0, 0.1) is 5.41 Å². The lowest BCUT2D eigenvalue weighted by molar-refractivity contribution is -0.122. The molecule has 2 nitrogen and oxygen atoms in total. The van der Waals surface area contributed by atoms with Gasteiger partial charge in [-0.3, -0.25) is 4.79 Å². The second kappa shape index (κ2) is 4.21. The van der Waals surface area contributed by atoms with Crippen molar-refractivity contribution < 1.29 is 4.79 Å². The molecule has 1 fully saturated rings. The van der Waals surface area contributed by atoms with Gasteiger partial charge in [0.05, 0.1) is 0 Å². The fourth-order valence-electron chi connectivity index (χ4n) is 1.91. The standard InChI is InChI=1S/C13H19NOS/c1-13(2,3)8-12(15)14-10-7-9(10)11-5-4-6-16-11/h4-6,9-10H,7-8H2,1-3H3,(H,14,15). The van der Waals surface area contributed by atoms with E-state index < -0.39 is 0 Å². The first kappa shape index (κ1) is 11.6. The Morgan fingerprint density at radius 3 is 2.88 bits per heavy atom. The highest BCUT2D eigenvalue weighted by Gasteiger charge is 2.40. The maximum Gasteiger partial charge on any atom is 0.220 e. The molecule has 2 unspecified atom stereocenters. The molecule has 0 bridgehead atoms. The number of amides is 1. The average Bonchev–Trinajstić information content (AvgIpc) is 2.70. The quantitative estimate of drug-likeness (QED) is 0.859. The Hall–Kier alpha value is -0.830. The number of carbonyl (C=O) groups is 1. The molecule has 1 N–H and O–H groups in total. The molecular weight excluding hydrogens is 218 g/mol. The summed E-state index contributed by atoms with van der Waals surface area (Å²) in [5.74, 6) is 0.764. The summed E-state index contributed by atoms with van der Waals surface area (Å²) in [5.41, 5.74) is 0.0808. The lowest BCUT2D eigenvalue weighted by Crippen LogP contribution is -2.29. The van der Waals surface area contributed by atoms with Crippen molar-refractivity contribution in [1.29, 1.82) is 0 Å². The summed E-state index contributed by atoms with van der Waals surface area (Å²) in [4.78, 5) is 13.1. The van der Waals surface area contributed by atoms with E-state index in [1.165, 1.54) is 4.88 Å². The van der Waals surface area contributed by atoms with Crippen LogP contribution in [0.15, 0.2) is 17.5 Å². The largest absolute Gasteiger partial charge is 0.353 e. The minimum atomic E-state index is 0.0808. The van der Waals surface area contributed by atoms with Crippen LogP contribution in [0.4, 0.5) is 0 Å². The van der Waals surface area contributed by atoms with Crippen molar-refractivity contribution in [3.05, 3.63) is 22.4 Å². The van der Waals surface area contributed by atoms with Crippen LogP contribution in [0.25, 0.3) is 0 Å². The molecule has 2 atom stereocenters. The predicted molar refractivity (Wildman–Crippen MR) is 67.7 cm³/mol.